The third kappa shape index (κ3) is 3.55. The van der Waals surface area contributed by atoms with Crippen molar-refractivity contribution in [3.05, 3.63) is 34.1 Å². The van der Waals surface area contributed by atoms with Gasteiger partial charge in [0.1, 0.15) is 5.82 Å². The summed E-state index contributed by atoms with van der Waals surface area (Å²) in [6, 6.07) is 4.29. The molecule has 5 nitrogen and oxygen atoms in total. The van der Waals surface area contributed by atoms with Crippen LogP contribution in [0.3, 0.4) is 0 Å². The molecule has 0 atom stereocenters. The largest absolute Gasteiger partial charge is 0.343 e. The van der Waals surface area contributed by atoms with Crippen LogP contribution in [0.5, 0.6) is 0 Å². The first-order valence-corrected chi connectivity index (χ1v) is 7.09. The normalized spacial score (nSPS) is 15.0. The van der Waals surface area contributed by atoms with Crippen molar-refractivity contribution in [1.29, 1.82) is 0 Å². The highest BCUT2D eigenvalue weighted by molar-refractivity contribution is 9.10. The fraction of sp³-hybridized carbons (Fsp3) is 0.385. The van der Waals surface area contributed by atoms with E-state index in [1.165, 1.54) is 12.1 Å². The second-order valence-corrected chi connectivity index (χ2v) is 5.26. The Kier molecular flexibility index (Phi) is 5.08. The molecule has 7 heteroatoms. The van der Waals surface area contributed by atoms with E-state index in [9.17, 15) is 14.0 Å². The molecule has 0 radical (unpaired) electrons. The van der Waals surface area contributed by atoms with E-state index in [1.54, 1.807) is 11.0 Å². The highest BCUT2D eigenvalue weighted by Crippen LogP contribution is 2.19. The number of amides is 2. The van der Waals surface area contributed by atoms with Gasteiger partial charge in [-0.2, -0.15) is 0 Å². The van der Waals surface area contributed by atoms with Gasteiger partial charge in [0, 0.05) is 30.7 Å². The number of hydrogen-bond donors (Lipinski definition) is 2. The summed E-state index contributed by atoms with van der Waals surface area (Å²) in [7, 11) is 0. The van der Waals surface area contributed by atoms with E-state index in [-0.39, 0.29) is 18.0 Å². The molecule has 108 valence electrons. The van der Waals surface area contributed by atoms with E-state index >= 15 is 0 Å². The minimum atomic E-state index is -0.619. The zero-order valence-corrected chi connectivity index (χ0v) is 12.4. The number of rotatable bonds is 3. The van der Waals surface area contributed by atoms with Crippen LogP contribution < -0.4 is 10.6 Å². The van der Waals surface area contributed by atoms with E-state index in [0.29, 0.717) is 17.6 Å². The number of piperazine rings is 1. The molecule has 20 heavy (non-hydrogen) atoms. The van der Waals surface area contributed by atoms with Crippen molar-refractivity contribution in [1.82, 2.24) is 15.5 Å². The molecule has 0 spiro atoms. The molecule has 0 aliphatic carbocycles. The van der Waals surface area contributed by atoms with Crippen molar-refractivity contribution in [2.24, 2.45) is 0 Å². The molecule has 0 bridgehead atoms. The lowest BCUT2D eigenvalue weighted by atomic mass is 10.2. The zero-order chi connectivity index (χ0) is 14.5. The molecule has 2 amide bonds. The molecule has 0 unspecified atom stereocenters. The molecule has 1 heterocycles. The quantitative estimate of drug-likeness (QED) is 0.851. The van der Waals surface area contributed by atoms with Gasteiger partial charge in [0.2, 0.25) is 5.91 Å². The van der Waals surface area contributed by atoms with Crippen molar-refractivity contribution in [3.8, 4) is 0 Å². The highest BCUT2D eigenvalue weighted by atomic mass is 79.9. The molecule has 1 aromatic carbocycles. The van der Waals surface area contributed by atoms with E-state index in [4.69, 9.17) is 0 Å². The lowest BCUT2D eigenvalue weighted by molar-refractivity contribution is -0.130. The Balaban J connectivity index is 1.93. The molecule has 1 saturated heterocycles. The van der Waals surface area contributed by atoms with E-state index in [0.717, 1.165) is 13.1 Å². The monoisotopic (exact) mass is 343 g/mol. The first-order valence-electron chi connectivity index (χ1n) is 6.30. The Labute approximate surface area is 124 Å². The van der Waals surface area contributed by atoms with Crippen LogP contribution in [0.25, 0.3) is 0 Å². The van der Waals surface area contributed by atoms with Gasteiger partial charge in [-0.3, -0.25) is 9.59 Å². The number of hydrogen-bond acceptors (Lipinski definition) is 3. The van der Waals surface area contributed by atoms with Crippen LogP contribution in [0.1, 0.15) is 10.4 Å². The van der Waals surface area contributed by atoms with Crippen LogP contribution in [0.15, 0.2) is 22.7 Å². The summed E-state index contributed by atoms with van der Waals surface area (Å²) in [4.78, 5) is 25.5. The maximum absolute atomic E-state index is 13.6. The molecular formula is C13H15BrFN3O2. The van der Waals surface area contributed by atoms with E-state index in [1.807, 2.05) is 0 Å². The maximum Gasteiger partial charge on any atom is 0.255 e. The average Bonchev–Trinajstić information content (AvgIpc) is 2.45. The number of nitrogens with zero attached hydrogens (tertiary/aromatic N) is 1. The molecule has 1 aliphatic rings. The third-order valence-electron chi connectivity index (χ3n) is 3.06. The number of benzene rings is 1. The lowest BCUT2D eigenvalue weighted by Crippen LogP contribution is -2.49. The summed E-state index contributed by atoms with van der Waals surface area (Å²) in [5.41, 5.74) is -0.0828. The zero-order valence-electron chi connectivity index (χ0n) is 10.8. The van der Waals surface area contributed by atoms with Crippen molar-refractivity contribution < 1.29 is 14.0 Å². The lowest BCUT2D eigenvalue weighted by Gasteiger charge is -2.27. The molecule has 2 N–H and O–H groups in total. The van der Waals surface area contributed by atoms with Gasteiger partial charge in [-0.1, -0.05) is 6.07 Å². The number of carbonyl (C=O) groups excluding carboxylic acids is 2. The Morgan fingerprint density at radius 3 is 2.70 bits per heavy atom. The summed E-state index contributed by atoms with van der Waals surface area (Å²) in [6.45, 7) is 2.62. The topological polar surface area (TPSA) is 61.4 Å². The van der Waals surface area contributed by atoms with Crippen LogP contribution in [0, 0.1) is 5.82 Å². The van der Waals surface area contributed by atoms with E-state index in [2.05, 4.69) is 26.6 Å². The van der Waals surface area contributed by atoms with Gasteiger partial charge in [0.15, 0.2) is 0 Å². The Hall–Kier alpha value is -1.47. The summed E-state index contributed by atoms with van der Waals surface area (Å²) >= 11 is 3.13. The first kappa shape index (κ1) is 14.9. The smallest absolute Gasteiger partial charge is 0.255 e. The Morgan fingerprint density at radius 2 is 2.05 bits per heavy atom. The number of carbonyl (C=O) groups is 2. The average molecular weight is 344 g/mol. The van der Waals surface area contributed by atoms with Crippen LogP contribution in [-0.2, 0) is 4.79 Å². The van der Waals surface area contributed by atoms with Crippen LogP contribution in [-0.4, -0.2) is 49.4 Å². The number of halogens is 2. The highest BCUT2D eigenvalue weighted by Gasteiger charge is 2.19. The first-order chi connectivity index (χ1) is 9.59. The van der Waals surface area contributed by atoms with Gasteiger partial charge in [0.05, 0.1) is 12.1 Å². The SMILES string of the molecule is O=C(NCC(=O)N1CCNCC1)c1c(F)cccc1Br. The van der Waals surface area contributed by atoms with Gasteiger partial charge in [-0.05, 0) is 28.1 Å². The van der Waals surface area contributed by atoms with Crippen molar-refractivity contribution in [2.75, 3.05) is 32.7 Å². The summed E-state index contributed by atoms with van der Waals surface area (Å²) < 4.78 is 14.0. The maximum atomic E-state index is 13.6. The molecule has 0 saturated carbocycles. The molecule has 0 aromatic heterocycles. The molecule has 1 fully saturated rings. The van der Waals surface area contributed by atoms with Crippen LogP contribution in [0.2, 0.25) is 0 Å². The van der Waals surface area contributed by atoms with Gasteiger partial charge >= 0.3 is 0 Å². The molecule has 1 aliphatic heterocycles. The second kappa shape index (κ2) is 6.81. The minimum Gasteiger partial charge on any atom is -0.343 e. The van der Waals surface area contributed by atoms with Gasteiger partial charge < -0.3 is 15.5 Å². The molecule has 2 rings (SSSR count). The fourth-order valence-electron chi connectivity index (χ4n) is 1.99. The Bertz CT molecular complexity index is 498. The van der Waals surface area contributed by atoms with Crippen molar-refractivity contribution >= 4 is 27.7 Å². The van der Waals surface area contributed by atoms with Gasteiger partial charge in [-0.25, -0.2) is 4.39 Å². The predicted octanol–water partition coefficient (Wildman–Crippen LogP) is 0.750. The van der Waals surface area contributed by atoms with Gasteiger partial charge in [-0.15, -0.1) is 0 Å². The van der Waals surface area contributed by atoms with Crippen molar-refractivity contribution in [3.63, 3.8) is 0 Å². The van der Waals surface area contributed by atoms with Crippen molar-refractivity contribution in [2.45, 2.75) is 0 Å². The Morgan fingerprint density at radius 1 is 1.35 bits per heavy atom. The van der Waals surface area contributed by atoms with Crippen LogP contribution in [0.4, 0.5) is 4.39 Å². The summed E-state index contributed by atoms with van der Waals surface area (Å²) in [6.07, 6.45) is 0. The minimum absolute atomic E-state index is 0.0828. The standard InChI is InChI=1S/C13H15BrFN3O2/c14-9-2-1-3-10(15)12(9)13(20)17-8-11(19)18-6-4-16-5-7-18/h1-3,16H,4-8H2,(H,17,20). The number of nitrogens with one attached hydrogen (secondary N) is 2. The summed E-state index contributed by atoms with van der Waals surface area (Å²) in [5, 5.41) is 5.60. The molecule has 1 aromatic rings. The van der Waals surface area contributed by atoms with E-state index < -0.39 is 11.7 Å². The second-order valence-electron chi connectivity index (χ2n) is 4.41. The summed E-state index contributed by atoms with van der Waals surface area (Å²) in [5.74, 6) is -1.38. The van der Waals surface area contributed by atoms with Gasteiger partial charge in [0.25, 0.3) is 5.91 Å². The third-order valence-corrected chi connectivity index (χ3v) is 3.72. The van der Waals surface area contributed by atoms with Crippen LogP contribution >= 0.6 is 15.9 Å². The molecular weight excluding hydrogens is 329 g/mol. The predicted molar refractivity (Wildman–Crippen MR) is 75.9 cm³/mol. The fourth-order valence-corrected chi connectivity index (χ4v) is 2.51.